The third kappa shape index (κ3) is 1.64. The molecule has 2 rings (SSSR count). The second-order valence-corrected chi connectivity index (χ2v) is 3.03. The maximum absolute atomic E-state index is 4.21. The van der Waals surface area contributed by atoms with Gasteiger partial charge in [0.25, 0.3) is 0 Å². The van der Waals surface area contributed by atoms with Gasteiger partial charge in [0.15, 0.2) is 5.82 Å². The smallest absolute Gasteiger partial charge is 0.176 e. The van der Waals surface area contributed by atoms with E-state index in [9.17, 15) is 0 Å². The van der Waals surface area contributed by atoms with Crippen molar-refractivity contribution in [3.05, 3.63) is 24.2 Å². The Hall–Kier alpha value is -1.69. The molecule has 2 heterocycles. The molecule has 0 saturated carbocycles. The molecule has 0 aliphatic carbocycles. The number of hydrogen-bond acceptors (Lipinski definition) is 4. The quantitative estimate of drug-likeness (QED) is 0.726. The van der Waals surface area contributed by atoms with E-state index in [0.717, 1.165) is 11.5 Å². The first-order valence-electron chi connectivity index (χ1n) is 4.35. The molecule has 0 bridgehead atoms. The van der Waals surface area contributed by atoms with E-state index < -0.39 is 0 Å². The van der Waals surface area contributed by atoms with Gasteiger partial charge in [-0.3, -0.25) is 4.68 Å². The summed E-state index contributed by atoms with van der Waals surface area (Å²) in [5, 5.41) is 15.2. The lowest BCUT2D eigenvalue weighted by atomic mass is 10.5. The third-order valence-corrected chi connectivity index (χ3v) is 1.83. The van der Waals surface area contributed by atoms with Crippen LogP contribution in [0.2, 0.25) is 0 Å². The topological polar surface area (TPSA) is 60.6 Å². The van der Waals surface area contributed by atoms with Crippen LogP contribution in [0.1, 0.15) is 5.69 Å². The zero-order valence-electron chi connectivity index (χ0n) is 8.18. The predicted octanol–water partition coefficient (Wildman–Crippen LogP) is -0.280. The zero-order valence-corrected chi connectivity index (χ0v) is 8.18. The summed E-state index contributed by atoms with van der Waals surface area (Å²) in [7, 11) is 3.74. The molecule has 0 spiro atoms. The van der Waals surface area contributed by atoms with Gasteiger partial charge < -0.3 is 5.32 Å². The number of nitrogens with zero attached hydrogens (tertiary/aromatic N) is 5. The minimum absolute atomic E-state index is 0.715. The fourth-order valence-corrected chi connectivity index (χ4v) is 1.20. The average Bonchev–Trinajstić information content (AvgIpc) is 2.74. The van der Waals surface area contributed by atoms with Crippen molar-refractivity contribution in [2.24, 2.45) is 7.05 Å². The Balaban J connectivity index is 2.24. The Labute approximate surface area is 81.5 Å². The van der Waals surface area contributed by atoms with Crippen molar-refractivity contribution in [1.29, 1.82) is 0 Å². The molecule has 0 aliphatic heterocycles. The van der Waals surface area contributed by atoms with Crippen LogP contribution in [0, 0.1) is 0 Å². The maximum atomic E-state index is 4.21. The van der Waals surface area contributed by atoms with Crippen molar-refractivity contribution >= 4 is 0 Å². The van der Waals surface area contributed by atoms with Crippen LogP contribution >= 0.6 is 0 Å². The van der Waals surface area contributed by atoms with Crippen LogP contribution in [0.5, 0.6) is 0 Å². The highest BCUT2D eigenvalue weighted by Gasteiger charge is 2.03. The molecule has 0 saturated heterocycles. The molecule has 0 aliphatic rings. The lowest BCUT2D eigenvalue weighted by Gasteiger charge is -1.92. The summed E-state index contributed by atoms with van der Waals surface area (Å²) in [6.45, 7) is 0.715. The van der Waals surface area contributed by atoms with Gasteiger partial charge in [0.05, 0.1) is 11.9 Å². The Morgan fingerprint density at radius 3 is 3.00 bits per heavy atom. The van der Waals surface area contributed by atoms with Crippen LogP contribution in [0.3, 0.4) is 0 Å². The van der Waals surface area contributed by atoms with Crippen LogP contribution in [0.4, 0.5) is 0 Å². The molecule has 1 N–H and O–H groups in total. The first-order valence-corrected chi connectivity index (χ1v) is 4.35. The largest absolute Gasteiger partial charge is 0.314 e. The minimum atomic E-state index is 0.715. The summed E-state index contributed by atoms with van der Waals surface area (Å²) in [5.41, 5.74) is 0.901. The number of rotatable bonds is 3. The van der Waals surface area contributed by atoms with Gasteiger partial charge in [-0.1, -0.05) is 5.21 Å². The van der Waals surface area contributed by atoms with Crippen LogP contribution in [0.15, 0.2) is 18.5 Å². The number of aryl methyl sites for hydroxylation is 1. The lowest BCUT2D eigenvalue weighted by molar-refractivity contribution is 0.713. The molecular formula is C8H12N6. The molecule has 14 heavy (non-hydrogen) atoms. The van der Waals surface area contributed by atoms with Crippen molar-refractivity contribution in [1.82, 2.24) is 30.1 Å². The van der Waals surface area contributed by atoms with E-state index >= 15 is 0 Å². The predicted molar refractivity (Wildman–Crippen MR) is 50.9 cm³/mol. The van der Waals surface area contributed by atoms with E-state index in [4.69, 9.17) is 0 Å². The van der Waals surface area contributed by atoms with Gasteiger partial charge in [-0.2, -0.15) is 5.10 Å². The molecule has 6 nitrogen and oxygen atoms in total. The summed E-state index contributed by atoms with van der Waals surface area (Å²) in [6, 6.07) is 1.89. The maximum Gasteiger partial charge on any atom is 0.176 e. The molecule has 0 unspecified atom stereocenters. The molecule has 2 aromatic rings. The molecule has 0 aromatic carbocycles. The van der Waals surface area contributed by atoms with E-state index in [2.05, 4.69) is 20.7 Å². The second-order valence-electron chi connectivity index (χ2n) is 3.03. The lowest BCUT2D eigenvalue weighted by Crippen LogP contribution is -2.05. The highest BCUT2D eigenvalue weighted by molar-refractivity contribution is 5.18. The summed E-state index contributed by atoms with van der Waals surface area (Å²) in [5.74, 6) is 0.780. The van der Waals surface area contributed by atoms with Gasteiger partial charge >= 0.3 is 0 Å². The number of aromatic nitrogens is 5. The van der Waals surface area contributed by atoms with Gasteiger partial charge in [0, 0.05) is 25.9 Å². The van der Waals surface area contributed by atoms with Crippen LogP contribution < -0.4 is 5.32 Å². The highest BCUT2D eigenvalue weighted by Crippen LogP contribution is 2.02. The molecule has 0 amide bonds. The Morgan fingerprint density at radius 2 is 2.36 bits per heavy atom. The third-order valence-electron chi connectivity index (χ3n) is 1.83. The van der Waals surface area contributed by atoms with Crippen LogP contribution in [0.25, 0.3) is 5.82 Å². The van der Waals surface area contributed by atoms with Crippen LogP contribution in [-0.2, 0) is 13.6 Å². The molecule has 0 atom stereocenters. The van der Waals surface area contributed by atoms with Gasteiger partial charge in [-0.15, -0.1) is 5.10 Å². The SMILES string of the molecule is CNCc1cn(-c2ccn(C)n2)nn1. The Bertz CT molecular complexity index is 415. The fraction of sp³-hybridized carbons (Fsp3) is 0.375. The van der Waals surface area contributed by atoms with Crippen molar-refractivity contribution < 1.29 is 0 Å². The molecular weight excluding hydrogens is 180 g/mol. The second kappa shape index (κ2) is 3.59. The van der Waals surface area contributed by atoms with Crippen molar-refractivity contribution in [3.63, 3.8) is 0 Å². The van der Waals surface area contributed by atoms with Crippen LogP contribution in [-0.4, -0.2) is 31.8 Å². The summed E-state index contributed by atoms with van der Waals surface area (Å²) >= 11 is 0. The van der Waals surface area contributed by atoms with E-state index in [1.165, 1.54) is 0 Å². The number of hydrogen-bond donors (Lipinski definition) is 1. The molecule has 74 valence electrons. The zero-order chi connectivity index (χ0) is 9.97. The molecule has 0 fully saturated rings. The van der Waals surface area contributed by atoms with Crippen molar-refractivity contribution in [2.45, 2.75) is 6.54 Å². The van der Waals surface area contributed by atoms with Crippen molar-refractivity contribution in [2.75, 3.05) is 7.05 Å². The molecule has 6 heteroatoms. The summed E-state index contributed by atoms with van der Waals surface area (Å²) < 4.78 is 3.39. The molecule has 2 aromatic heterocycles. The standard InChI is InChI=1S/C8H12N6/c1-9-5-7-6-14(12-10-7)8-3-4-13(2)11-8/h3-4,6,9H,5H2,1-2H3. The van der Waals surface area contributed by atoms with Gasteiger partial charge in [0.1, 0.15) is 0 Å². The Kier molecular flexibility index (Phi) is 2.28. The van der Waals surface area contributed by atoms with E-state index in [1.807, 2.05) is 32.6 Å². The highest BCUT2D eigenvalue weighted by atomic mass is 15.5. The van der Waals surface area contributed by atoms with Crippen molar-refractivity contribution in [3.8, 4) is 5.82 Å². The Morgan fingerprint density at radius 1 is 1.50 bits per heavy atom. The van der Waals surface area contributed by atoms with E-state index in [-0.39, 0.29) is 0 Å². The van der Waals surface area contributed by atoms with E-state index in [1.54, 1.807) is 9.36 Å². The first-order chi connectivity index (χ1) is 6.79. The number of nitrogens with one attached hydrogen (secondary N) is 1. The minimum Gasteiger partial charge on any atom is -0.314 e. The summed E-state index contributed by atoms with van der Waals surface area (Å²) in [6.07, 6.45) is 3.73. The van der Waals surface area contributed by atoms with Gasteiger partial charge in [-0.25, -0.2) is 4.68 Å². The van der Waals surface area contributed by atoms with Gasteiger partial charge in [-0.05, 0) is 7.05 Å². The monoisotopic (exact) mass is 192 g/mol. The normalized spacial score (nSPS) is 10.7. The fourth-order valence-electron chi connectivity index (χ4n) is 1.20. The summed E-state index contributed by atoms with van der Waals surface area (Å²) in [4.78, 5) is 0. The van der Waals surface area contributed by atoms with E-state index in [0.29, 0.717) is 6.54 Å². The molecule has 0 radical (unpaired) electrons. The average molecular weight is 192 g/mol. The van der Waals surface area contributed by atoms with Gasteiger partial charge in [0.2, 0.25) is 0 Å². The first kappa shape index (κ1) is 8.89.